The molecule has 15 rings (SSSR count). The van der Waals surface area contributed by atoms with E-state index in [1.807, 2.05) is 12.1 Å². The van der Waals surface area contributed by atoms with Gasteiger partial charge in [0.2, 0.25) is 0 Å². The van der Waals surface area contributed by atoms with Gasteiger partial charge < -0.3 is 14.4 Å². The molecule has 77 heavy (non-hydrogen) atoms. The van der Waals surface area contributed by atoms with Crippen LogP contribution in [0.5, 0.6) is 0 Å². The first kappa shape index (κ1) is 44.5. The highest BCUT2D eigenvalue weighted by Gasteiger charge is 2.44. The summed E-state index contributed by atoms with van der Waals surface area (Å²) in [6.07, 6.45) is 0. The van der Waals surface area contributed by atoms with Crippen molar-refractivity contribution in [3.05, 3.63) is 279 Å². The van der Waals surface area contributed by atoms with Crippen LogP contribution in [0.2, 0.25) is 0 Å². The van der Waals surface area contributed by atoms with E-state index < -0.39 is 0 Å². The topological polar surface area (TPSA) is 37.2 Å². The zero-order chi connectivity index (χ0) is 51.0. The van der Waals surface area contributed by atoms with Crippen molar-refractivity contribution < 1.29 is 0 Å². The van der Waals surface area contributed by atoms with Crippen LogP contribution in [0.1, 0.15) is 5.56 Å². The quantitative estimate of drug-likeness (QED) is 0.142. The normalized spacial score (nSPS) is 12.4. The molecule has 0 bridgehead atoms. The highest BCUT2D eigenvalue weighted by molar-refractivity contribution is 7.00. The van der Waals surface area contributed by atoms with Gasteiger partial charge in [0.05, 0.1) is 33.8 Å². The van der Waals surface area contributed by atoms with Gasteiger partial charge in [-0.3, -0.25) is 0 Å². The highest BCUT2D eigenvalue weighted by Crippen LogP contribution is 2.48. The van der Waals surface area contributed by atoms with E-state index >= 15 is 0 Å². The van der Waals surface area contributed by atoms with E-state index in [2.05, 4.69) is 282 Å². The van der Waals surface area contributed by atoms with Gasteiger partial charge in [0.15, 0.2) is 5.82 Å². The van der Waals surface area contributed by atoms with Crippen molar-refractivity contribution in [2.75, 3.05) is 9.80 Å². The lowest BCUT2D eigenvalue weighted by Gasteiger charge is -2.45. The van der Waals surface area contributed by atoms with Crippen LogP contribution in [-0.2, 0) is 0 Å². The molecule has 11 aromatic carbocycles. The molecule has 2 aromatic heterocycles. The number of para-hydroxylation sites is 5. The maximum atomic E-state index is 5.32. The minimum Gasteiger partial charge on any atom is -0.311 e. The molecular formula is C71H48BN5. The lowest BCUT2D eigenvalue weighted by atomic mass is 9.33. The van der Waals surface area contributed by atoms with Gasteiger partial charge in [-0.2, -0.15) is 0 Å². The van der Waals surface area contributed by atoms with Gasteiger partial charge in [-0.15, -0.1) is 0 Å². The van der Waals surface area contributed by atoms with Crippen LogP contribution in [0.15, 0.2) is 273 Å². The zero-order valence-corrected chi connectivity index (χ0v) is 42.3. The molecule has 0 spiro atoms. The molecule has 0 saturated heterocycles. The van der Waals surface area contributed by atoms with Gasteiger partial charge in [0, 0.05) is 67.0 Å². The van der Waals surface area contributed by atoms with Crippen LogP contribution >= 0.6 is 0 Å². The molecule has 0 unspecified atom stereocenters. The average molecular weight is 982 g/mol. The van der Waals surface area contributed by atoms with E-state index in [4.69, 9.17) is 9.97 Å². The first-order valence-corrected chi connectivity index (χ1v) is 26.4. The Labute approximate surface area is 448 Å². The molecule has 13 aromatic rings. The van der Waals surface area contributed by atoms with Crippen molar-refractivity contribution >= 4 is 79.0 Å². The third-order valence-corrected chi connectivity index (χ3v) is 15.6. The van der Waals surface area contributed by atoms with E-state index in [-0.39, 0.29) is 6.71 Å². The fraction of sp³-hybridized carbons (Fsp3) is 0.0141. The molecule has 0 radical (unpaired) electrons. The largest absolute Gasteiger partial charge is 0.311 e. The fourth-order valence-electron chi connectivity index (χ4n) is 12.2. The minimum absolute atomic E-state index is 0.0110. The Kier molecular flexibility index (Phi) is 10.5. The monoisotopic (exact) mass is 981 g/mol. The van der Waals surface area contributed by atoms with E-state index in [0.29, 0.717) is 5.82 Å². The average Bonchev–Trinajstić information content (AvgIpc) is 3.83. The molecule has 0 fully saturated rings. The molecule has 0 N–H and O–H groups in total. The lowest BCUT2D eigenvalue weighted by Crippen LogP contribution is -2.61. The molecule has 4 heterocycles. The molecular weight excluding hydrogens is 934 g/mol. The second-order valence-electron chi connectivity index (χ2n) is 20.2. The van der Waals surface area contributed by atoms with Gasteiger partial charge in [-0.05, 0) is 119 Å². The SMILES string of the molecule is Cc1ccc2c(c1)c1ccccc1n2-c1ccc(-c2nc(-c3ccccc3)cc(-c3ccccc3)n2)cc1-c1ccc(-c2ccc3c4c2N(c2ccccc2)c2ccccc2B4c2ccccc2N3c2ccccc2)cc1. The highest BCUT2D eigenvalue weighted by atomic mass is 15.2. The number of fused-ring (bicyclic) bond motifs is 7. The molecule has 2 aliphatic rings. The van der Waals surface area contributed by atoms with E-state index in [1.165, 1.54) is 55.5 Å². The van der Waals surface area contributed by atoms with Crippen molar-refractivity contribution in [3.63, 3.8) is 0 Å². The number of benzene rings is 11. The molecule has 0 saturated carbocycles. The molecule has 0 atom stereocenters. The van der Waals surface area contributed by atoms with Crippen LogP contribution in [0.4, 0.5) is 34.1 Å². The van der Waals surface area contributed by atoms with Crippen LogP contribution < -0.4 is 26.2 Å². The second-order valence-corrected chi connectivity index (χ2v) is 20.2. The van der Waals surface area contributed by atoms with Crippen LogP contribution in [0, 0.1) is 6.92 Å². The third kappa shape index (κ3) is 7.32. The second kappa shape index (κ2) is 18.1. The Morgan fingerprint density at radius 1 is 0.338 bits per heavy atom. The summed E-state index contributed by atoms with van der Waals surface area (Å²) in [5.74, 6) is 0.669. The number of hydrogen-bond donors (Lipinski definition) is 0. The van der Waals surface area contributed by atoms with Crippen molar-refractivity contribution in [1.29, 1.82) is 0 Å². The van der Waals surface area contributed by atoms with E-state index in [9.17, 15) is 0 Å². The summed E-state index contributed by atoms with van der Waals surface area (Å²) in [6.45, 7) is 2.19. The zero-order valence-electron chi connectivity index (χ0n) is 42.3. The summed E-state index contributed by atoms with van der Waals surface area (Å²) in [5, 5.41) is 2.45. The molecule has 0 amide bonds. The number of nitrogens with zero attached hydrogens (tertiary/aromatic N) is 5. The standard InChI is InChI=1S/C71H48BN5/c1-47-34-41-65-58(44-47)56-28-14-17-31-63(56)77(65)64-42-39-52(71-73-61(50-20-6-2-7-21-50)46-62(74-71)51-22-8-3-9-23-51)45-57(64)49-37-35-48(36-38-49)55-40-43-68-69-70(55)76(54-26-12-5-13-27-54)67-33-19-16-30-60(67)72(69)59-29-15-18-32-66(59)75(68)53-24-10-4-11-25-53/h2-46H,1H3. The predicted molar refractivity (Wildman–Crippen MR) is 322 cm³/mol. The predicted octanol–water partition coefficient (Wildman–Crippen LogP) is 16.3. The summed E-state index contributed by atoms with van der Waals surface area (Å²) >= 11 is 0. The summed E-state index contributed by atoms with van der Waals surface area (Å²) < 4.78 is 2.44. The van der Waals surface area contributed by atoms with Crippen molar-refractivity contribution in [3.8, 4) is 61.8 Å². The van der Waals surface area contributed by atoms with Crippen molar-refractivity contribution in [2.24, 2.45) is 0 Å². The third-order valence-electron chi connectivity index (χ3n) is 15.6. The van der Waals surface area contributed by atoms with Crippen LogP contribution in [-0.4, -0.2) is 21.2 Å². The van der Waals surface area contributed by atoms with Gasteiger partial charge >= 0.3 is 0 Å². The summed E-state index contributed by atoms with van der Waals surface area (Å²) in [4.78, 5) is 15.6. The summed E-state index contributed by atoms with van der Waals surface area (Å²) in [6, 6.07) is 98.9. The summed E-state index contributed by atoms with van der Waals surface area (Å²) in [5.41, 5.74) is 24.7. The first-order chi connectivity index (χ1) is 38.1. The number of rotatable bonds is 8. The van der Waals surface area contributed by atoms with E-state index in [1.54, 1.807) is 0 Å². The maximum Gasteiger partial charge on any atom is 0.252 e. The Morgan fingerprint density at radius 2 is 0.844 bits per heavy atom. The number of aryl methyl sites for hydroxylation is 1. The Bertz CT molecular complexity index is 4330. The maximum absolute atomic E-state index is 5.32. The van der Waals surface area contributed by atoms with Crippen LogP contribution in [0.3, 0.4) is 0 Å². The molecule has 0 aliphatic carbocycles. The Hall–Kier alpha value is -10.0. The van der Waals surface area contributed by atoms with Gasteiger partial charge in [-0.1, -0.05) is 194 Å². The van der Waals surface area contributed by atoms with Crippen molar-refractivity contribution in [2.45, 2.75) is 6.92 Å². The lowest BCUT2D eigenvalue weighted by molar-refractivity contribution is 1.16. The number of anilines is 6. The Morgan fingerprint density at radius 3 is 1.49 bits per heavy atom. The minimum atomic E-state index is 0.0110. The molecule has 2 aliphatic heterocycles. The fourth-order valence-corrected chi connectivity index (χ4v) is 12.2. The van der Waals surface area contributed by atoms with Crippen LogP contribution in [0.25, 0.3) is 83.6 Å². The van der Waals surface area contributed by atoms with Gasteiger partial charge in [0.1, 0.15) is 0 Å². The number of aromatic nitrogens is 3. The Balaban J connectivity index is 0.952. The van der Waals surface area contributed by atoms with Gasteiger partial charge in [-0.25, -0.2) is 9.97 Å². The molecule has 6 heteroatoms. The van der Waals surface area contributed by atoms with Crippen molar-refractivity contribution in [1.82, 2.24) is 14.5 Å². The molecule has 5 nitrogen and oxygen atoms in total. The molecule has 360 valence electrons. The first-order valence-electron chi connectivity index (χ1n) is 26.4. The van der Waals surface area contributed by atoms with E-state index in [0.717, 1.165) is 78.4 Å². The van der Waals surface area contributed by atoms with Gasteiger partial charge in [0.25, 0.3) is 6.71 Å². The smallest absolute Gasteiger partial charge is 0.252 e. The number of hydrogen-bond acceptors (Lipinski definition) is 4. The summed E-state index contributed by atoms with van der Waals surface area (Å²) in [7, 11) is 0.